The molecule has 0 saturated carbocycles. The summed E-state index contributed by atoms with van der Waals surface area (Å²) in [5, 5.41) is 6.52. The SMILES string of the molecule is CN=C(NCC1CCCOC1C(C)(C)C)N1CCC(NC(=O)OC(C)(C)C)C1.I. The first-order valence-electron chi connectivity index (χ1n) is 10.6. The third kappa shape index (κ3) is 8.47. The Morgan fingerprint density at radius 2 is 1.90 bits per heavy atom. The van der Waals surface area contributed by atoms with Crippen LogP contribution in [0.2, 0.25) is 0 Å². The lowest BCUT2D eigenvalue weighted by Gasteiger charge is -2.40. The number of hydrogen-bond donors (Lipinski definition) is 2. The fourth-order valence-electron chi connectivity index (χ4n) is 4.11. The Bertz CT molecular complexity index is 557. The Morgan fingerprint density at radius 3 is 2.48 bits per heavy atom. The number of likely N-dealkylation sites (tertiary alicyclic amines) is 1. The zero-order valence-electron chi connectivity index (χ0n) is 19.2. The van der Waals surface area contributed by atoms with E-state index in [1.165, 1.54) is 6.42 Å². The van der Waals surface area contributed by atoms with Gasteiger partial charge in [-0.05, 0) is 45.4 Å². The van der Waals surface area contributed by atoms with Crippen molar-refractivity contribution in [1.82, 2.24) is 15.5 Å². The molecule has 2 N–H and O–H groups in total. The minimum absolute atomic E-state index is 0. The summed E-state index contributed by atoms with van der Waals surface area (Å²) in [4.78, 5) is 18.7. The second kappa shape index (κ2) is 11.0. The molecular weight excluding hydrogens is 483 g/mol. The van der Waals surface area contributed by atoms with E-state index in [0.717, 1.165) is 45.0 Å². The van der Waals surface area contributed by atoms with Crippen molar-refractivity contribution in [3.8, 4) is 0 Å². The molecule has 0 aromatic heterocycles. The molecule has 3 atom stereocenters. The topological polar surface area (TPSA) is 75.2 Å². The van der Waals surface area contributed by atoms with Gasteiger partial charge in [-0.25, -0.2) is 4.79 Å². The maximum absolute atomic E-state index is 12.0. The third-order valence-corrected chi connectivity index (χ3v) is 5.24. The van der Waals surface area contributed by atoms with Gasteiger partial charge in [0.25, 0.3) is 0 Å². The predicted molar refractivity (Wildman–Crippen MR) is 128 cm³/mol. The van der Waals surface area contributed by atoms with Crippen molar-refractivity contribution < 1.29 is 14.3 Å². The third-order valence-electron chi connectivity index (χ3n) is 5.24. The summed E-state index contributed by atoms with van der Waals surface area (Å²) >= 11 is 0. The molecule has 170 valence electrons. The molecule has 0 aromatic rings. The second-order valence-corrected chi connectivity index (χ2v) is 10.1. The summed E-state index contributed by atoms with van der Waals surface area (Å²) in [6.07, 6.45) is 3.08. The van der Waals surface area contributed by atoms with E-state index in [4.69, 9.17) is 9.47 Å². The summed E-state index contributed by atoms with van der Waals surface area (Å²) in [5.74, 6) is 1.37. The Balaban J connectivity index is 0.00000420. The number of nitrogens with one attached hydrogen (secondary N) is 2. The van der Waals surface area contributed by atoms with E-state index in [2.05, 4.69) is 41.3 Å². The highest BCUT2D eigenvalue weighted by atomic mass is 127. The Kier molecular flexibility index (Phi) is 9.98. The maximum Gasteiger partial charge on any atom is 0.407 e. The van der Waals surface area contributed by atoms with Crippen molar-refractivity contribution in [1.29, 1.82) is 0 Å². The summed E-state index contributed by atoms with van der Waals surface area (Å²) in [5.41, 5.74) is -0.349. The molecule has 0 spiro atoms. The van der Waals surface area contributed by atoms with E-state index in [1.807, 2.05) is 27.8 Å². The number of rotatable bonds is 3. The van der Waals surface area contributed by atoms with Gasteiger partial charge < -0.3 is 25.0 Å². The van der Waals surface area contributed by atoms with E-state index in [-0.39, 0.29) is 47.6 Å². The van der Waals surface area contributed by atoms with Crippen molar-refractivity contribution in [3.63, 3.8) is 0 Å². The first-order chi connectivity index (χ1) is 13.0. The van der Waals surface area contributed by atoms with Gasteiger partial charge in [0.15, 0.2) is 5.96 Å². The lowest BCUT2D eigenvalue weighted by molar-refractivity contribution is -0.0836. The largest absolute Gasteiger partial charge is 0.444 e. The molecule has 2 rings (SSSR count). The van der Waals surface area contributed by atoms with Crippen molar-refractivity contribution in [2.45, 2.75) is 78.6 Å². The average Bonchev–Trinajstić information content (AvgIpc) is 3.01. The highest BCUT2D eigenvalue weighted by Gasteiger charge is 2.36. The van der Waals surface area contributed by atoms with Gasteiger partial charge in [-0.15, -0.1) is 24.0 Å². The zero-order chi connectivity index (χ0) is 20.9. The molecule has 0 radical (unpaired) electrons. The van der Waals surface area contributed by atoms with Gasteiger partial charge in [0.1, 0.15) is 5.60 Å². The molecule has 2 saturated heterocycles. The monoisotopic (exact) mass is 524 g/mol. The number of halogens is 1. The zero-order valence-corrected chi connectivity index (χ0v) is 21.5. The molecule has 8 heteroatoms. The minimum Gasteiger partial charge on any atom is -0.444 e. The number of guanidine groups is 1. The normalized spacial score (nSPS) is 26.0. The van der Waals surface area contributed by atoms with Crippen molar-refractivity contribution in [3.05, 3.63) is 0 Å². The molecule has 0 aromatic carbocycles. The molecule has 0 aliphatic carbocycles. The quantitative estimate of drug-likeness (QED) is 0.335. The molecule has 2 fully saturated rings. The lowest BCUT2D eigenvalue weighted by Crippen LogP contribution is -2.49. The molecule has 2 aliphatic heterocycles. The summed E-state index contributed by atoms with van der Waals surface area (Å²) in [6.45, 7) is 15.7. The van der Waals surface area contributed by atoms with E-state index in [9.17, 15) is 4.79 Å². The van der Waals surface area contributed by atoms with Crippen LogP contribution in [0.3, 0.4) is 0 Å². The first-order valence-corrected chi connectivity index (χ1v) is 10.6. The van der Waals surface area contributed by atoms with Gasteiger partial charge in [0.2, 0.25) is 0 Å². The highest BCUT2D eigenvalue weighted by Crippen LogP contribution is 2.33. The molecular formula is C21H41IN4O3. The van der Waals surface area contributed by atoms with Crippen LogP contribution in [-0.4, -0.2) is 68.0 Å². The van der Waals surface area contributed by atoms with Crippen LogP contribution in [0.25, 0.3) is 0 Å². The molecule has 2 aliphatic rings. The molecule has 2 heterocycles. The van der Waals surface area contributed by atoms with Crippen LogP contribution in [0.1, 0.15) is 60.8 Å². The van der Waals surface area contributed by atoms with Gasteiger partial charge in [0.05, 0.1) is 12.1 Å². The molecule has 29 heavy (non-hydrogen) atoms. The number of nitrogens with zero attached hydrogens (tertiary/aromatic N) is 2. The molecule has 0 bridgehead atoms. The minimum atomic E-state index is -0.481. The number of ether oxygens (including phenoxy) is 2. The number of amides is 1. The van der Waals surface area contributed by atoms with Crippen molar-refractivity contribution >= 4 is 36.0 Å². The Hall–Kier alpha value is -0.770. The van der Waals surface area contributed by atoms with Crippen LogP contribution < -0.4 is 10.6 Å². The van der Waals surface area contributed by atoms with Crippen LogP contribution in [0.5, 0.6) is 0 Å². The average molecular weight is 524 g/mol. The molecule has 3 unspecified atom stereocenters. The predicted octanol–water partition coefficient (Wildman–Crippen LogP) is 3.62. The van der Waals surface area contributed by atoms with E-state index >= 15 is 0 Å². The van der Waals surface area contributed by atoms with E-state index in [0.29, 0.717) is 5.92 Å². The van der Waals surface area contributed by atoms with Gasteiger partial charge in [-0.2, -0.15) is 0 Å². The van der Waals surface area contributed by atoms with Gasteiger partial charge in [-0.1, -0.05) is 20.8 Å². The highest BCUT2D eigenvalue weighted by molar-refractivity contribution is 14.0. The smallest absolute Gasteiger partial charge is 0.407 e. The Labute approximate surface area is 193 Å². The van der Waals surface area contributed by atoms with Crippen molar-refractivity contribution in [2.75, 3.05) is 33.3 Å². The standard InChI is InChI=1S/C21H40N4O3.HI/c1-20(2,3)17-15(9-8-12-27-17)13-23-18(22-7)25-11-10-16(14-25)24-19(26)28-21(4,5)6;/h15-17H,8-14H2,1-7H3,(H,22,23)(H,24,26);1H. The van der Waals surface area contributed by atoms with Crippen LogP contribution in [0.4, 0.5) is 4.79 Å². The van der Waals surface area contributed by atoms with Crippen LogP contribution >= 0.6 is 24.0 Å². The Morgan fingerprint density at radius 1 is 1.21 bits per heavy atom. The number of hydrogen-bond acceptors (Lipinski definition) is 4. The second-order valence-electron chi connectivity index (χ2n) is 10.1. The fraction of sp³-hybridized carbons (Fsp3) is 0.905. The van der Waals surface area contributed by atoms with Crippen molar-refractivity contribution in [2.24, 2.45) is 16.3 Å². The van der Waals surface area contributed by atoms with Crippen LogP contribution in [0.15, 0.2) is 4.99 Å². The fourth-order valence-corrected chi connectivity index (χ4v) is 4.11. The number of carbonyl (C=O) groups excluding carboxylic acids is 1. The summed E-state index contributed by atoms with van der Waals surface area (Å²) in [6, 6.07) is 0.0775. The number of aliphatic imine (C=N–C) groups is 1. The molecule has 1 amide bonds. The molecule has 7 nitrogen and oxygen atoms in total. The van der Waals surface area contributed by atoms with Gasteiger partial charge in [0, 0.05) is 39.2 Å². The maximum atomic E-state index is 12.0. The summed E-state index contributed by atoms with van der Waals surface area (Å²) < 4.78 is 11.5. The lowest BCUT2D eigenvalue weighted by atomic mass is 9.78. The summed E-state index contributed by atoms with van der Waals surface area (Å²) in [7, 11) is 1.82. The van der Waals surface area contributed by atoms with Gasteiger partial charge in [-0.3, -0.25) is 4.99 Å². The van der Waals surface area contributed by atoms with Crippen LogP contribution in [-0.2, 0) is 9.47 Å². The van der Waals surface area contributed by atoms with E-state index in [1.54, 1.807) is 0 Å². The number of carbonyl (C=O) groups is 1. The number of alkyl carbamates (subject to hydrolysis) is 1. The van der Waals surface area contributed by atoms with Crippen LogP contribution in [0, 0.1) is 11.3 Å². The van der Waals surface area contributed by atoms with E-state index < -0.39 is 5.60 Å². The van der Waals surface area contributed by atoms with Gasteiger partial charge >= 0.3 is 6.09 Å². The first kappa shape index (κ1) is 26.3.